The van der Waals surface area contributed by atoms with Gasteiger partial charge in [-0.05, 0) is 18.2 Å². The maximum Gasteiger partial charge on any atom is 0.200 e. The fraction of sp³-hybridized carbons (Fsp3) is 0.552. The van der Waals surface area contributed by atoms with Crippen molar-refractivity contribution in [2.24, 2.45) is 0 Å². The van der Waals surface area contributed by atoms with Crippen LogP contribution < -0.4 is 16.1 Å². The molecule has 39 heavy (non-hydrogen) atoms. The number of methoxy groups -OCH3 is 2. The predicted octanol–water partition coefficient (Wildman–Crippen LogP) is 2.08. The van der Waals surface area contributed by atoms with Crippen molar-refractivity contribution in [3.05, 3.63) is 57.7 Å². The lowest BCUT2D eigenvalue weighted by molar-refractivity contribution is 0.0277. The summed E-state index contributed by atoms with van der Waals surface area (Å²) in [7, 11) is 3.35. The van der Waals surface area contributed by atoms with Crippen molar-refractivity contribution < 1.29 is 23.4 Å². The van der Waals surface area contributed by atoms with Crippen LogP contribution in [0.2, 0.25) is 0 Å². The smallest absolute Gasteiger partial charge is 0.200 e. The van der Waals surface area contributed by atoms with Crippen LogP contribution in [-0.4, -0.2) is 103 Å². The fourth-order valence-electron chi connectivity index (χ4n) is 5.38. The molecule has 10 nitrogen and oxygen atoms in total. The number of nitrogens with zero attached hydrogens (tertiary/aromatic N) is 2. The van der Waals surface area contributed by atoms with Gasteiger partial charge in [0.25, 0.3) is 0 Å². The summed E-state index contributed by atoms with van der Waals surface area (Å²) in [5.74, 6) is 0. The topological polar surface area (TPSA) is 97.7 Å². The van der Waals surface area contributed by atoms with Gasteiger partial charge in [0, 0.05) is 77.7 Å². The molecule has 2 aromatic carbocycles. The lowest BCUT2D eigenvalue weighted by atomic mass is 9.99. The van der Waals surface area contributed by atoms with E-state index < -0.39 is 12.5 Å². The molecule has 2 atom stereocenters. The number of hydrogen-bond donors (Lipinski definition) is 2. The minimum Gasteiger partial charge on any atom is -0.455 e. The van der Waals surface area contributed by atoms with E-state index in [1.807, 2.05) is 30.3 Å². The van der Waals surface area contributed by atoms with Gasteiger partial charge in [0.1, 0.15) is 23.6 Å². The van der Waals surface area contributed by atoms with Crippen LogP contribution in [0.25, 0.3) is 21.9 Å². The summed E-state index contributed by atoms with van der Waals surface area (Å²) in [5.41, 5.74) is 2.64. The van der Waals surface area contributed by atoms with Crippen molar-refractivity contribution in [3.8, 4) is 0 Å². The van der Waals surface area contributed by atoms with Gasteiger partial charge < -0.3 is 23.4 Å². The average molecular weight is 541 g/mol. The Morgan fingerprint density at radius 3 is 2.00 bits per heavy atom. The van der Waals surface area contributed by atoms with Crippen molar-refractivity contribution in [2.75, 3.05) is 93.0 Å². The summed E-state index contributed by atoms with van der Waals surface area (Å²) < 4.78 is 29.3. The first kappa shape index (κ1) is 28.1. The fourth-order valence-corrected chi connectivity index (χ4v) is 5.38. The summed E-state index contributed by atoms with van der Waals surface area (Å²) in [4.78, 5) is 18.2. The highest BCUT2D eigenvalue weighted by atomic mass is 16.5. The molecule has 3 aromatic rings. The summed E-state index contributed by atoms with van der Waals surface area (Å²) in [5, 5.41) is 8.18. The van der Waals surface area contributed by atoms with Crippen LogP contribution in [0.15, 0.2) is 45.6 Å². The third kappa shape index (κ3) is 6.67. The van der Waals surface area contributed by atoms with Gasteiger partial charge in [-0.2, -0.15) is 0 Å². The van der Waals surface area contributed by atoms with Crippen LogP contribution in [0.3, 0.4) is 0 Å². The van der Waals surface area contributed by atoms with E-state index in [1.54, 1.807) is 20.3 Å². The van der Waals surface area contributed by atoms with Gasteiger partial charge in [0.05, 0.1) is 37.2 Å². The standard InChI is InChI=1S/C29H40N4O6/c1-35-28(30-9-11-32-13-17-37-18-14-32)22-7-8-23-26(34)21-5-3-4-6-24(21)39-27(23)25(22)29(36-2)31-10-12-33-15-19-38-20-16-33/h3-8,28-31H,9-20H2,1-2H3. The van der Waals surface area contributed by atoms with Gasteiger partial charge in [-0.25, -0.2) is 0 Å². The Morgan fingerprint density at radius 2 is 1.38 bits per heavy atom. The summed E-state index contributed by atoms with van der Waals surface area (Å²) in [6, 6.07) is 11.1. The lowest BCUT2D eigenvalue weighted by Gasteiger charge is -2.30. The van der Waals surface area contributed by atoms with Gasteiger partial charge in [-0.15, -0.1) is 0 Å². The van der Waals surface area contributed by atoms with E-state index in [0.29, 0.717) is 28.5 Å². The third-order valence-electron chi connectivity index (χ3n) is 7.56. The molecule has 0 amide bonds. The normalized spacial score (nSPS) is 19.0. The van der Waals surface area contributed by atoms with Gasteiger partial charge in [0.15, 0.2) is 0 Å². The van der Waals surface area contributed by atoms with Crippen LogP contribution in [0.5, 0.6) is 0 Å². The number of ether oxygens (including phenoxy) is 4. The van der Waals surface area contributed by atoms with E-state index in [2.05, 4.69) is 20.4 Å². The molecule has 0 saturated carbocycles. The monoisotopic (exact) mass is 540 g/mol. The molecule has 1 aromatic heterocycles. The first-order valence-corrected chi connectivity index (χ1v) is 13.8. The highest BCUT2D eigenvalue weighted by Gasteiger charge is 2.26. The summed E-state index contributed by atoms with van der Waals surface area (Å²) >= 11 is 0. The largest absolute Gasteiger partial charge is 0.455 e. The van der Waals surface area contributed by atoms with Gasteiger partial charge >= 0.3 is 0 Å². The molecule has 0 bridgehead atoms. The zero-order valence-electron chi connectivity index (χ0n) is 22.9. The number of rotatable bonds is 12. The Labute approximate surface area is 229 Å². The van der Waals surface area contributed by atoms with E-state index in [0.717, 1.165) is 83.4 Å². The van der Waals surface area contributed by atoms with Crippen LogP contribution in [-0.2, 0) is 18.9 Å². The van der Waals surface area contributed by atoms with Crippen molar-refractivity contribution in [1.82, 2.24) is 20.4 Å². The number of para-hydroxylation sites is 1. The second-order valence-electron chi connectivity index (χ2n) is 9.92. The molecule has 10 heteroatoms. The van der Waals surface area contributed by atoms with Crippen LogP contribution in [0.4, 0.5) is 0 Å². The highest BCUT2D eigenvalue weighted by Crippen LogP contribution is 2.33. The predicted molar refractivity (Wildman–Crippen MR) is 150 cm³/mol. The van der Waals surface area contributed by atoms with Crippen molar-refractivity contribution in [1.29, 1.82) is 0 Å². The number of nitrogens with one attached hydrogen (secondary N) is 2. The molecule has 2 fully saturated rings. The second-order valence-corrected chi connectivity index (χ2v) is 9.92. The summed E-state index contributed by atoms with van der Waals surface area (Å²) in [6.07, 6.45) is -0.923. The third-order valence-corrected chi connectivity index (χ3v) is 7.56. The lowest BCUT2D eigenvalue weighted by Crippen LogP contribution is -2.42. The molecule has 2 aliphatic rings. The molecular weight excluding hydrogens is 500 g/mol. The molecule has 212 valence electrons. The summed E-state index contributed by atoms with van der Waals surface area (Å²) in [6.45, 7) is 9.91. The number of benzene rings is 2. The number of fused-ring (bicyclic) bond motifs is 2. The molecule has 2 unspecified atom stereocenters. The Morgan fingerprint density at radius 1 is 0.795 bits per heavy atom. The van der Waals surface area contributed by atoms with E-state index in [-0.39, 0.29) is 5.43 Å². The van der Waals surface area contributed by atoms with Crippen molar-refractivity contribution in [3.63, 3.8) is 0 Å². The Balaban J connectivity index is 1.46. The van der Waals surface area contributed by atoms with E-state index in [1.165, 1.54) is 0 Å². The molecule has 0 aliphatic carbocycles. The van der Waals surface area contributed by atoms with E-state index in [9.17, 15) is 4.79 Å². The van der Waals surface area contributed by atoms with Gasteiger partial charge in [-0.1, -0.05) is 18.2 Å². The Kier molecular flexibility index (Phi) is 9.94. The quantitative estimate of drug-likeness (QED) is 0.263. The minimum absolute atomic E-state index is 0.0583. The molecule has 5 rings (SSSR count). The highest BCUT2D eigenvalue weighted by molar-refractivity contribution is 5.91. The minimum atomic E-state index is -0.507. The van der Waals surface area contributed by atoms with Crippen molar-refractivity contribution >= 4 is 21.9 Å². The first-order chi connectivity index (χ1) is 19.2. The molecule has 0 radical (unpaired) electrons. The van der Waals surface area contributed by atoms with Crippen LogP contribution in [0, 0.1) is 0 Å². The second kappa shape index (κ2) is 13.8. The maximum absolute atomic E-state index is 13.5. The Hall–Kier alpha value is -2.41. The number of morpholine rings is 2. The Bertz CT molecular complexity index is 1270. The van der Waals surface area contributed by atoms with E-state index >= 15 is 0 Å². The van der Waals surface area contributed by atoms with Crippen molar-refractivity contribution in [2.45, 2.75) is 12.5 Å². The van der Waals surface area contributed by atoms with Crippen LogP contribution >= 0.6 is 0 Å². The molecule has 2 aliphatic heterocycles. The van der Waals surface area contributed by atoms with Crippen LogP contribution in [0.1, 0.15) is 23.6 Å². The van der Waals surface area contributed by atoms with Gasteiger partial charge in [-0.3, -0.25) is 25.2 Å². The van der Waals surface area contributed by atoms with Gasteiger partial charge in [0.2, 0.25) is 5.43 Å². The molecular formula is C29H40N4O6. The zero-order valence-corrected chi connectivity index (χ0v) is 22.9. The molecule has 3 heterocycles. The maximum atomic E-state index is 13.5. The average Bonchev–Trinajstić information content (AvgIpc) is 2.99. The zero-order chi connectivity index (χ0) is 27.0. The molecule has 2 N–H and O–H groups in total. The molecule has 2 saturated heterocycles. The first-order valence-electron chi connectivity index (χ1n) is 13.8. The van der Waals surface area contributed by atoms with E-state index in [4.69, 9.17) is 23.4 Å². The molecule has 0 spiro atoms. The number of hydrogen-bond acceptors (Lipinski definition) is 10. The SMILES string of the molecule is COC(NCCN1CCOCC1)c1ccc2c(=O)c3ccccc3oc2c1C(NCCN1CCOCC1)OC.